The van der Waals surface area contributed by atoms with Gasteiger partial charge in [-0.05, 0) is 107 Å². The molecule has 0 radical (unpaired) electrons. The van der Waals surface area contributed by atoms with Crippen molar-refractivity contribution >= 4 is 62.2 Å². The highest BCUT2D eigenvalue weighted by atomic mass is 35.5. The number of hydrogen-bond acceptors (Lipinski definition) is 5. The quantitative estimate of drug-likeness (QED) is 0.256. The van der Waals surface area contributed by atoms with E-state index in [1.807, 2.05) is 13.8 Å². The summed E-state index contributed by atoms with van der Waals surface area (Å²) in [5.41, 5.74) is 5.51. The van der Waals surface area contributed by atoms with Crippen molar-refractivity contribution in [3.05, 3.63) is 80.1 Å². The molecule has 0 saturated carbocycles. The first-order valence-corrected chi connectivity index (χ1v) is 18.0. The standard InChI is InChI=1S/C34H38Cl2N4O4S/c1-21-25(11-13-33(41)40-16-6-7-23(40)19-39-14-3-4-15-39)22(2)37-32(21)18-27-26-17-24(10-12-31(26)38-34(27)42)45(43,44)20-28-29(35)8-5-9-30(28)36/h5,8-10,12,17-18,23,37H,3-4,6-7,11,13-16,19-20H2,1-2H3,(H,38,42)/b27-18-/t23-/m0/s1. The number of sulfone groups is 1. The van der Waals surface area contributed by atoms with Gasteiger partial charge in [0, 0.05) is 63.8 Å². The number of aromatic amines is 1. The molecule has 3 aliphatic rings. The lowest BCUT2D eigenvalue weighted by Crippen LogP contribution is -2.42. The number of benzene rings is 2. The van der Waals surface area contributed by atoms with Crippen molar-refractivity contribution in [2.24, 2.45) is 0 Å². The molecule has 2 saturated heterocycles. The smallest absolute Gasteiger partial charge is 0.256 e. The van der Waals surface area contributed by atoms with E-state index in [-0.39, 0.29) is 32.5 Å². The van der Waals surface area contributed by atoms with E-state index in [0.29, 0.717) is 41.3 Å². The van der Waals surface area contributed by atoms with Crippen molar-refractivity contribution in [1.29, 1.82) is 0 Å². The third kappa shape index (κ3) is 6.59. The first-order valence-electron chi connectivity index (χ1n) is 15.5. The van der Waals surface area contributed by atoms with Crippen molar-refractivity contribution in [3.63, 3.8) is 0 Å². The first kappa shape index (κ1) is 31.9. The number of carbonyl (C=O) groups is 2. The minimum Gasteiger partial charge on any atom is -0.359 e. The van der Waals surface area contributed by atoms with Gasteiger partial charge in [-0.1, -0.05) is 29.3 Å². The highest BCUT2D eigenvalue weighted by Gasteiger charge is 2.31. The van der Waals surface area contributed by atoms with Gasteiger partial charge in [-0.15, -0.1) is 0 Å². The van der Waals surface area contributed by atoms with Crippen LogP contribution in [0.2, 0.25) is 10.0 Å². The number of likely N-dealkylation sites (tertiary alicyclic amines) is 2. The van der Waals surface area contributed by atoms with Gasteiger partial charge < -0.3 is 20.1 Å². The number of aromatic nitrogens is 1. The Labute approximate surface area is 274 Å². The van der Waals surface area contributed by atoms with Gasteiger partial charge in [-0.25, -0.2) is 8.42 Å². The fraction of sp³-hybridized carbons (Fsp3) is 0.412. The number of nitrogens with zero attached hydrogens (tertiary/aromatic N) is 2. The van der Waals surface area contributed by atoms with E-state index in [1.54, 1.807) is 30.3 Å². The Bertz CT molecular complexity index is 1770. The van der Waals surface area contributed by atoms with Crippen LogP contribution in [0.4, 0.5) is 5.69 Å². The van der Waals surface area contributed by atoms with Crippen LogP contribution < -0.4 is 5.32 Å². The minimum atomic E-state index is -3.82. The summed E-state index contributed by atoms with van der Waals surface area (Å²) in [6.45, 7) is 8.05. The van der Waals surface area contributed by atoms with Crippen LogP contribution in [0, 0.1) is 13.8 Å². The van der Waals surface area contributed by atoms with Crippen molar-refractivity contribution in [1.82, 2.24) is 14.8 Å². The van der Waals surface area contributed by atoms with Crippen LogP contribution in [-0.4, -0.2) is 67.2 Å². The summed E-state index contributed by atoms with van der Waals surface area (Å²) < 4.78 is 26.8. The Morgan fingerprint density at radius 3 is 2.49 bits per heavy atom. The number of nitrogens with one attached hydrogen (secondary N) is 2. The molecular formula is C34H38Cl2N4O4S. The summed E-state index contributed by atoms with van der Waals surface area (Å²) in [4.78, 5) is 34.4. The number of hydrogen-bond donors (Lipinski definition) is 2. The molecule has 8 nitrogen and oxygen atoms in total. The summed E-state index contributed by atoms with van der Waals surface area (Å²) in [5.74, 6) is -0.472. The summed E-state index contributed by atoms with van der Waals surface area (Å²) in [5, 5.41) is 3.40. The number of rotatable bonds is 9. The number of aryl methyl sites for hydroxylation is 1. The molecule has 0 bridgehead atoms. The lowest BCUT2D eigenvalue weighted by molar-refractivity contribution is -0.132. The van der Waals surface area contributed by atoms with Crippen molar-refractivity contribution in [3.8, 4) is 0 Å². The molecule has 3 aliphatic heterocycles. The van der Waals surface area contributed by atoms with E-state index >= 15 is 0 Å². The number of carbonyl (C=O) groups excluding carboxylic acids is 2. The molecule has 11 heteroatoms. The zero-order chi connectivity index (χ0) is 31.9. The molecular weight excluding hydrogens is 631 g/mol. The molecule has 3 aromatic rings. The van der Waals surface area contributed by atoms with Crippen LogP contribution in [0.15, 0.2) is 41.3 Å². The van der Waals surface area contributed by atoms with Crippen molar-refractivity contribution in [2.45, 2.75) is 69.1 Å². The number of H-pyrrole nitrogens is 1. The monoisotopic (exact) mass is 668 g/mol. The second kappa shape index (κ2) is 12.9. The number of amides is 2. The zero-order valence-electron chi connectivity index (χ0n) is 25.6. The first-order chi connectivity index (χ1) is 21.5. The molecule has 2 amide bonds. The van der Waals surface area contributed by atoms with Gasteiger partial charge in [0.1, 0.15) is 0 Å². The van der Waals surface area contributed by atoms with Crippen LogP contribution in [0.25, 0.3) is 11.6 Å². The topological polar surface area (TPSA) is 103 Å². The fourth-order valence-electron chi connectivity index (χ4n) is 6.92. The number of fused-ring (bicyclic) bond motifs is 1. The van der Waals surface area contributed by atoms with Crippen LogP contribution in [0.3, 0.4) is 0 Å². The molecule has 0 unspecified atom stereocenters. The highest BCUT2D eigenvalue weighted by Crippen LogP contribution is 2.37. The Balaban J connectivity index is 1.20. The van der Waals surface area contributed by atoms with E-state index in [2.05, 4.69) is 20.1 Å². The van der Waals surface area contributed by atoms with Gasteiger partial charge in [0.15, 0.2) is 9.84 Å². The second-order valence-corrected chi connectivity index (χ2v) is 15.1. The molecule has 0 aliphatic carbocycles. The SMILES string of the molecule is Cc1[nH]c(/C=C2\C(=O)Nc3ccc(S(=O)(=O)Cc4c(Cl)cccc4Cl)cc32)c(C)c1CCC(=O)N1CCC[C@H]1CN1CCCC1. The summed E-state index contributed by atoms with van der Waals surface area (Å²) in [6.07, 6.45) is 7.44. The van der Waals surface area contributed by atoms with Gasteiger partial charge in [-0.2, -0.15) is 0 Å². The minimum absolute atomic E-state index is 0.0724. The fourth-order valence-corrected chi connectivity index (χ4v) is 9.04. The predicted octanol–water partition coefficient (Wildman–Crippen LogP) is 6.42. The molecule has 4 heterocycles. The maximum absolute atomic E-state index is 13.4. The van der Waals surface area contributed by atoms with Crippen LogP contribution in [-0.2, 0) is 31.6 Å². The van der Waals surface area contributed by atoms with E-state index in [9.17, 15) is 18.0 Å². The van der Waals surface area contributed by atoms with E-state index in [0.717, 1.165) is 61.5 Å². The average molecular weight is 670 g/mol. The molecule has 45 heavy (non-hydrogen) atoms. The van der Waals surface area contributed by atoms with Gasteiger partial charge in [-0.3, -0.25) is 9.59 Å². The normalized spacial score (nSPS) is 19.5. The Morgan fingerprint density at radius 2 is 1.76 bits per heavy atom. The van der Waals surface area contributed by atoms with E-state index in [4.69, 9.17) is 23.2 Å². The molecule has 2 aromatic carbocycles. The van der Waals surface area contributed by atoms with E-state index < -0.39 is 9.84 Å². The zero-order valence-corrected chi connectivity index (χ0v) is 27.9. The Kier molecular flexibility index (Phi) is 9.17. The number of anilines is 1. The maximum atomic E-state index is 13.4. The van der Waals surface area contributed by atoms with Gasteiger partial charge in [0.05, 0.1) is 16.2 Å². The highest BCUT2D eigenvalue weighted by molar-refractivity contribution is 7.90. The van der Waals surface area contributed by atoms with Gasteiger partial charge in [0.2, 0.25) is 5.91 Å². The molecule has 2 fully saturated rings. The largest absolute Gasteiger partial charge is 0.359 e. The van der Waals surface area contributed by atoms with Gasteiger partial charge in [0.25, 0.3) is 5.91 Å². The third-order valence-corrected chi connectivity index (χ3v) is 11.8. The lowest BCUT2D eigenvalue weighted by atomic mass is 10.0. The predicted molar refractivity (Wildman–Crippen MR) is 179 cm³/mol. The van der Waals surface area contributed by atoms with Crippen LogP contribution in [0.5, 0.6) is 0 Å². The summed E-state index contributed by atoms with van der Waals surface area (Å²) in [7, 11) is -3.82. The van der Waals surface area contributed by atoms with Crippen LogP contribution in [0.1, 0.15) is 65.7 Å². The molecule has 6 rings (SSSR count). The third-order valence-electron chi connectivity index (χ3n) is 9.40. The Morgan fingerprint density at radius 1 is 1.02 bits per heavy atom. The van der Waals surface area contributed by atoms with E-state index in [1.165, 1.54) is 25.0 Å². The van der Waals surface area contributed by atoms with Crippen molar-refractivity contribution < 1.29 is 18.0 Å². The average Bonchev–Trinajstić information content (AvgIpc) is 3.79. The maximum Gasteiger partial charge on any atom is 0.256 e. The number of halogens is 2. The lowest BCUT2D eigenvalue weighted by Gasteiger charge is -2.28. The molecule has 2 N–H and O–H groups in total. The van der Waals surface area contributed by atoms with Crippen molar-refractivity contribution in [2.75, 3.05) is 31.5 Å². The molecule has 238 valence electrons. The molecule has 1 atom stereocenters. The molecule has 0 spiro atoms. The van der Waals surface area contributed by atoms with Gasteiger partial charge >= 0.3 is 0 Å². The molecule has 1 aromatic heterocycles. The Hall–Kier alpha value is -3.11. The second-order valence-electron chi connectivity index (χ2n) is 12.3. The summed E-state index contributed by atoms with van der Waals surface area (Å²) >= 11 is 12.5. The van der Waals surface area contributed by atoms with Crippen LogP contribution >= 0.6 is 23.2 Å². The summed E-state index contributed by atoms with van der Waals surface area (Å²) in [6, 6.07) is 9.80.